The van der Waals surface area contributed by atoms with Crippen molar-refractivity contribution in [2.45, 2.75) is 58.2 Å². The number of H-pyrrole nitrogens is 1. The highest BCUT2D eigenvalue weighted by atomic mass is 16.6. The number of rotatable bonds is 9. The molecular formula is C35H34N4O3. The van der Waals surface area contributed by atoms with Gasteiger partial charge in [-0.3, -0.25) is 4.79 Å². The van der Waals surface area contributed by atoms with Gasteiger partial charge < -0.3 is 19.9 Å². The van der Waals surface area contributed by atoms with Gasteiger partial charge in [-0.05, 0) is 72.4 Å². The lowest BCUT2D eigenvalue weighted by Gasteiger charge is -2.21. The minimum Gasteiger partial charge on any atom is -0.445 e. The molecule has 4 aromatic rings. The molecular weight excluding hydrogens is 524 g/mol. The molecule has 3 aromatic carbocycles. The van der Waals surface area contributed by atoms with Crippen molar-refractivity contribution in [2.75, 3.05) is 6.54 Å². The lowest BCUT2D eigenvalue weighted by molar-refractivity contribution is -0.117. The molecule has 0 radical (unpaired) electrons. The Hall–Kier alpha value is -4.83. The van der Waals surface area contributed by atoms with E-state index in [1.165, 1.54) is 0 Å². The topological polar surface area (TPSA) is 87.3 Å². The first-order valence-corrected chi connectivity index (χ1v) is 14.6. The van der Waals surface area contributed by atoms with Crippen LogP contribution in [0.4, 0.5) is 4.79 Å². The average molecular weight is 559 g/mol. The van der Waals surface area contributed by atoms with Crippen molar-refractivity contribution < 1.29 is 14.3 Å². The second kappa shape index (κ2) is 12.4. The second-order valence-corrected chi connectivity index (χ2v) is 11.0. The van der Waals surface area contributed by atoms with Gasteiger partial charge in [0.1, 0.15) is 12.4 Å². The monoisotopic (exact) mass is 558 g/mol. The third-order valence-corrected chi connectivity index (χ3v) is 7.53. The fourth-order valence-electron chi connectivity index (χ4n) is 5.00. The molecule has 1 aromatic heterocycles. The van der Waals surface area contributed by atoms with Gasteiger partial charge in [0.05, 0.1) is 17.6 Å². The van der Waals surface area contributed by atoms with Crippen LogP contribution in [0.2, 0.25) is 0 Å². The van der Waals surface area contributed by atoms with Crippen LogP contribution in [0.5, 0.6) is 0 Å². The van der Waals surface area contributed by atoms with Crippen molar-refractivity contribution in [3.05, 3.63) is 106 Å². The van der Waals surface area contributed by atoms with E-state index >= 15 is 0 Å². The molecule has 212 valence electrons. The predicted octanol–water partition coefficient (Wildman–Crippen LogP) is 6.12. The van der Waals surface area contributed by atoms with Crippen molar-refractivity contribution in [2.24, 2.45) is 0 Å². The van der Waals surface area contributed by atoms with Gasteiger partial charge >= 0.3 is 6.09 Å². The third kappa shape index (κ3) is 6.72. The summed E-state index contributed by atoms with van der Waals surface area (Å²) in [7, 11) is 0. The first-order valence-electron chi connectivity index (χ1n) is 14.6. The molecule has 7 heteroatoms. The minimum absolute atomic E-state index is 0.0473. The Morgan fingerprint density at radius 3 is 2.62 bits per heavy atom. The molecule has 0 aliphatic heterocycles. The number of carbonyl (C=O) groups excluding carboxylic acids is 2. The van der Waals surface area contributed by atoms with Crippen molar-refractivity contribution in [1.82, 2.24) is 20.2 Å². The molecule has 2 aliphatic rings. The molecule has 0 bridgehead atoms. The van der Waals surface area contributed by atoms with E-state index in [2.05, 4.69) is 35.1 Å². The molecule has 1 fully saturated rings. The highest BCUT2D eigenvalue weighted by Gasteiger charge is 2.26. The highest BCUT2D eigenvalue weighted by molar-refractivity contribution is 6.00. The molecule has 0 spiro atoms. The summed E-state index contributed by atoms with van der Waals surface area (Å²) in [6, 6.07) is 22.0. The van der Waals surface area contributed by atoms with E-state index in [0.717, 1.165) is 70.1 Å². The predicted molar refractivity (Wildman–Crippen MR) is 163 cm³/mol. The fraction of sp³-hybridized carbons (Fsp3) is 0.286. The molecule has 1 heterocycles. The molecule has 0 saturated heterocycles. The number of carbonyl (C=O) groups is 2. The van der Waals surface area contributed by atoms with E-state index in [1.54, 1.807) is 4.90 Å². The normalized spacial score (nSPS) is 13.6. The van der Waals surface area contributed by atoms with Gasteiger partial charge in [0.25, 0.3) is 0 Å². The van der Waals surface area contributed by atoms with Crippen LogP contribution in [0.3, 0.4) is 0 Å². The van der Waals surface area contributed by atoms with Gasteiger partial charge in [-0.25, -0.2) is 9.78 Å². The van der Waals surface area contributed by atoms with E-state index in [1.807, 2.05) is 66.7 Å². The Kier molecular flexibility index (Phi) is 8.05. The van der Waals surface area contributed by atoms with Crippen molar-refractivity contribution in [3.63, 3.8) is 0 Å². The van der Waals surface area contributed by atoms with E-state index in [9.17, 15) is 9.59 Å². The summed E-state index contributed by atoms with van der Waals surface area (Å²) in [5.41, 5.74) is 7.45. The standard InChI is InChI=1S/C35H34N4O3/c1-2-3-17-39(35(41)42-23-26-7-5-4-6-8-26)22-33-37-31-16-12-25(19-32(31)38-33)10-9-24-11-13-27-20-29(21-28(27)18-24)34(40)36-30-14-15-30/h4-8,11-13,16,18-19,21,30H,2-3,14-15,17,20,22-23H2,1H3,(H,36,40)(H,37,38). The van der Waals surface area contributed by atoms with Crippen LogP contribution in [-0.4, -0.2) is 39.5 Å². The SMILES string of the molecule is CCCCN(Cc1nc2ccc(C#Cc3ccc4c(c3)C=C(C(=O)NC3CC3)C4)cc2[nH]1)C(=O)OCc1ccccc1. The molecule has 6 rings (SSSR count). The molecule has 2 aliphatic carbocycles. The number of hydrogen-bond acceptors (Lipinski definition) is 4. The van der Waals surface area contributed by atoms with Gasteiger partial charge in [0.15, 0.2) is 0 Å². The van der Waals surface area contributed by atoms with Gasteiger partial charge in [-0.15, -0.1) is 0 Å². The minimum atomic E-state index is -0.348. The Labute approximate surface area is 246 Å². The summed E-state index contributed by atoms with van der Waals surface area (Å²) in [5, 5.41) is 3.08. The number of unbranched alkanes of at least 4 members (excludes halogenated alkanes) is 1. The molecule has 2 amide bonds. The van der Waals surface area contributed by atoms with Gasteiger partial charge in [-0.2, -0.15) is 0 Å². The van der Waals surface area contributed by atoms with Gasteiger partial charge in [0, 0.05) is 35.7 Å². The van der Waals surface area contributed by atoms with Crippen molar-refractivity contribution in [3.8, 4) is 11.8 Å². The number of nitrogens with zero attached hydrogens (tertiary/aromatic N) is 2. The van der Waals surface area contributed by atoms with Gasteiger partial charge in [0.2, 0.25) is 5.91 Å². The van der Waals surface area contributed by atoms with E-state index in [4.69, 9.17) is 9.72 Å². The zero-order chi connectivity index (χ0) is 28.9. The van der Waals surface area contributed by atoms with Crippen LogP contribution >= 0.6 is 0 Å². The summed E-state index contributed by atoms with van der Waals surface area (Å²) < 4.78 is 5.59. The second-order valence-electron chi connectivity index (χ2n) is 11.0. The highest BCUT2D eigenvalue weighted by Crippen LogP contribution is 2.27. The summed E-state index contributed by atoms with van der Waals surface area (Å²) >= 11 is 0. The zero-order valence-corrected chi connectivity index (χ0v) is 23.8. The van der Waals surface area contributed by atoms with Crippen molar-refractivity contribution in [1.29, 1.82) is 0 Å². The molecule has 0 atom stereocenters. The number of aromatic nitrogens is 2. The lowest BCUT2D eigenvalue weighted by Crippen LogP contribution is -2.32. The molecule has 0 unspecified atom stereocenters. The maximum Gasteiger partial charge on any atom is 0.410 e. The van der Waals surface area contributed by atoms with Crippen LogP contribution in [0, 0.1) is 11.8 Å². The van der Waals surface area contributed by atoms with Gasteiger partial charge in [-0.1, -0.05) is 61.6 Å². The Morgan fingerprint density at radius 1 is 1.05 bits per heavy atom. The van der Waals surface area contributed by atoms with Crippen LogP contribution in [0.25, 0.3) is 17.1 Å². The zero-order valence-electron chi connectivity index (χ0n) is 23.8. The Bertz CT molecular complexity index is 1710. The maximum atomic E-state index is 12.9. The van der Waals surface area contributed by atoms with E-state index < -0.39 is 0 Å². The largest absolute Gasteiger partial charge is 0.445 e. The van der Waals surface area contributed by atoms with Crippen LogP contribution < -0.4 is 5.32 Å². The van der Waals surface area contributed by atoms with Crippen LogP contribution in [0.1, 0.15) is 66.2 Å². The lowest BCUT2D eigenvalue weighted by atomic mass is 10.1. The number of amides is 2. The third-order valence-electron chi connectivity index (χ3n) is 7.53. The average Bonchev–Trinajstić information content (AvgIpc) is 3.56. The molecule has 7 nitrogen and oxygen atoms in total. The fourth-order valence-corrected chi connectivity index (χ4v) is 5.00. The number of hydrogen-bond donors (Lipinski definition) is 2. The molecule has 42 heavy (non-hydrogen) atoms. The number of imidazole rings is 1. The quantitative estimate of drug-likeness (QED) is 0.242. The summed E-state index contributed by atoms with van der Waals surface area (Å²) in [4.78, 5) is 35.1. The molecule has 2 N–H and O–H groups in total. The molecule has 1 saturated carbocycles. The summed E-state index contributed by atoms with van der Waals surface area (Å²) in [6.07, 6.45) is 6.32. The van der Waals surface area contributed by atoms with E-state index in [0.29, 0.717) is 31.4 Å². The summed E-state index contributed by atoms with van der Waals surface area (Å²) in [6.45, 7) is 3.28. The Morgan fingerprint density at radius 2 is 1.83 bits per heavy atom. The number of ether oxygens (including phenoxy) is 1. The number of fused-ring (bicyclic) bond motifs is 2. The van der Waals surface area contributed by atoms with Crippen LogP contribution in [-0.2, 0) is 29.1 Å². The van der Waals surface area contributed by atoms with E-state index in [-0.39, 0.29) is 18.6 Å². The number of benzene rings is 3. The maximum absolute atomic E-state index is 12.9. The van der Waals surface area contributed by atoms with Crippen LogP contribution in [0.15, 0.2) is 72.3 Å². The first kappa shape index (κ1) is 27.3. The number of aromatic amines is 1. The number of nitrogens with one attached hydrogen (secondary N) is 2. The smallest absolute Gasteiger partial charge is 0.410 e. The first-order chi connectivity index (χ1) is 20.5. The van der Waals surface area contributed by atoms with Crippen molar-refractivity contribution >= 4 is 29.1 Å². The Balaban J connectivity index is 1.12. The summed E-state index contributed by atoms with van der Waals surface area (Å²) in [5.74, 6) is 7.27.